The molecule has 0 bridgehead atoms. The molecular weight excluding hydrogens is 763 g/mol. The normalized spacial score (nSPS) is 11.8. The number of halogens is 2. The van der Waals surface area contributed by atoms with E-state index in [1.165, 1.54) is 71.7 Å². The molecule has 0 saturated carbocycles. The summed E-state index contributed by atoms with van der Waals surface area (Å²) >= 11 is -0.826. The standard InChI is InChI=1S/C22H27Si.C19H21Si.C2H6Si.2ClH.Zr/c1-6-16(2)19-14-18-8-7-9-21(22(18)15-19)17-10-12-20(13-11-17)23(3,4)5;1-14-12-16-6-5-7-18(19(16)13-14)15-8-10-17(11-9-15)20(2,3)4;1-3-2;;;/h7-16H,6H2,1-5H3;5-13H,1-4H3;1-2H3;2*1H;/q2*-1;;;;+4/p-2. The van der Waals surface area contributed by atoms with E-state index >= 15 is 0 Å². The van der Waals surface area contributed by atoms with Crippen LogP contribution < -0.4 is 10.4 Å². The Hall–Kier alpha value is -1.79. The first-order chi connectivity index (χ1) is 23.2. The second-order valence-corrected chi connectivity index (χ2v) is 29.9. The van der Waals surface area contributed by atoms with Gasteiger partial charge in [-0.3, -0.25) is 0 Å². The van der Waals surface area contributed by atoms with Gasteiger partial charge >= 0.3 is 37.9 Å². The van der Waals surface area contributed by atoms with Crippen LogP contribution in [-0.4, -0.2) is 25.7 Å². The third-order valence-electron chi connectivity index (χ3n) is 8.97. The van der Waals surface area contributed by atoms with Crippen molar-refractivity contribution in [2.45, 2.75) is 85.5 Å². The average molecular weight is 817 g/mol. The van der Waals surface area contributed by atoms with E-state index in [9.17, 15) is 0 Å². The molecule has 0 nitrogen and oxygen atoms in total. The number of aryl methyl sites for hydroxylation is 1. The van der Waals surface area contributed by atoms with E-state index in [1.807, 2.05) is 0 Å². The van der Waals surface area contributed by atoms with Gasteiger partial charge in [0.2, 0.25) is 0 Å². The molecule has 6 aromatic carbocycles. The van der Waals surface area contributed by atoms with Gasteiger partial charge in [0, 0.05) is 9.52 Å². The summed E-state index contributed by atoms with van der Waals surface area (Å²) < 4.78 is 0. The molecule has 256 valence electrons. The molecule has 1 atom stereocenters. The molecule has 0 N–H and O–H groups in total. The van der Waals surface area contributed by atoms with E-state index in [0.717, 1.165) is 9.52 Å². The van der Waals surface area contributed by atoms with Crippen LogP contribution in [0.4, 0.5) is 0 Å². The Balaban J connectivity index is 0.000000230. The molecule has 0 fully saturated rings. The predicted octanol–water partition coefficient (Wildman–Crippen LogP) is 13.5. The number of hydrogen-bond acceptors (Lipinski definition) is 0. The first-order valence-electron chi connectivity index (χ1n) is 17.3. The summed E-state index contributed by atoms with van der Waals surface area (Å²) in [6.45, 7) is 25.4. The third kappa shape index (κ3) is 11.6. The van der Waals surface area contributed by atoms with Crippen molar-refractivity contribution in [1.29, 1.82) is 0 Å². The predicted molar refractivity (Wildman–Crippen MR) is 229 cm³/mol. The van der Waals surface area contributed by atoms with Gasteiger partial charge in [0.15, 0.2) is 0 Å². The van der Waals surface area contributed by atoms with Gasteiger partial charge in [0.1, 0.15) is 0 Å². The molecule has 49 heavy (non-hydrogen) atoms. The first-order valence-corrected chi connectivity index (χ1v) is 32.6. The summed E-state index contributed by atoms with van der Waals surface area (Å²) in [6, 6.07) is 41.0. The van der Waals surface area contributed by atoms with Crippen molar-refractivity contribution in [3.05, 3.63) is 120 Å². The van der Waals surface area contributed by atoms with Crippen LogP contribution >= 0.6 is 17.0 Å². The minimum atomic E-state index is -1.23. The van der Waals surface area contributed by atoms with Gasteiger partial charge in [0.25, 0.3) is 0 Å². The molecule has 1 unspecified atom stereocenters. The Morgan fingerprint density at radius 2 is 1.04 bits per heavy atom. The Bertz CT molecular complexity index is 1870. The van der Waals surface area contributed by atoms with Crippen molar-refractivity contribution in [2.24, 2.45) is 0 Å². The van der Waals surface area contributed by atoms with E-state index < -0.39 is 37.0 Å². The van der Waals surface area contributed by atoms with Gasteiger partial charge < -0.3 is 0 Å². The molecule has 6 rings (SSSR count). The number of hydrogen-bond donors (Lipinski definition) is 0. The van der Waals surface area contributed by atoms with Gasteiger partial charge in [-0.1, -0.05) is 162 Å². The molecule has 6 heteroatoms. The SMILES string of the molecule is CCC(C)c1cc2c(-c3ccc([Si](C)(C)C)cc3)cccc2[cH-]1.C[Si]C.Cc1cc2c(-c3ccc([Si](C)(C)C)cc3)cccc2[cH-]1.[Cl][Zr+2][Cl]. The fraction of sp³-hybridized carbons (Fsp3) is 0.302. The minimum absolute atomic E-state index is 0.629. The van der Waals surface area contributed by atoms with Crippen LogP contribution in [-0.2, 0) is 20.8 Å². The Kier molecular flexibility index (Phi) is 16.3. The van der Waals surface area contributed by atoms with Crippen molar-refractivity contribution in [3.63, 3.8) is 0 Å². The van der Waals surface area contributed by atoms with Gasteiger partial charge in [-0.05, 0) is 17.0 Å². The van der Waals surface area contributed by atoms with Crippen molar-refractivity contribution < 1.29 is 20.8 Å². The van der Waals surface area contributed by atoms with Crippen LogP contribution in [0.1, 0.15) is 37.3 Å². The number of fused-ring (bicyclic) bond motifs is 2. The second-order valence-electron chi connectivity index (χ2n) is 15.0. The first kappa shape index (κ1) is 41.6. The van der Waals surface area contributed by atoms with Crippen LogP contribution in [0, 0.1) is 6.92 Å². The van der Waals surface area contributed by atoms with Crippen LogP contribution in [0.15, 0.2) is 109 Å². The maximum absolute atomic E-state index is 4.93. The summed E-state index contributed by atoms with van der Waals surface area (Å²) in [4.78, 5) is 0. The van der Waals surface area contributed by atoms with Gasteiger partial charge in [-0.25, -0.2) is 0 Å². The monoisotopic (exact) mass is 814 g/mol. The van der Waals surface area contributed by atoms with Crippen molar-refractivity contribution >= 4 is 74.6 Å². The number of benzene rings is 4. The van der Waals surface area contributed by atoms with Crippen molar-refractivity contribution in [3.8, 4) is 22.3 Å². The number of rotatable bonds is 6. The Labute approximate surface area is 320 Å². The van der Waals surface area contributed by atoms with E-state index in [4.69, 9.17) is 17.0 Å². The van der Waals surface area contributed by atoms with E-state index in [-0.39, 0.29) is 0 Å². The van der Waals surface area contributed by atoms with E-state index in [1.54, 1.807) is 0 Å². The van der Waals surface area contributed by atoms with Gasteiger partial charge in [-0.2, -0.15) is 12.1 Å². The quantitative estimate of drug-likeness (QED) is 0.116. The van der Waals surface area contributed by atoms with Gasteiger partial charge in [-0.15, -0.1) is 69.1 Å². The second kappa shape index (κ2) is 19.2. The zero-order valence-corrected chi connectivity index (χ0v) is 38.4. The zero-order chi connectivity index (χ0) is 36.4. The van der Waals surface area contributed by atoms with Crippen molar-refractivity contribution in [1.82, 2.24) is 0 Å². The van der Waals surface area contributed by atoms with Crippen molar-refractivity contribution in [2.75, 3.05) is 0 Å². The maximum atomic E-state index is 4.93. The van der Waals surface area contributed by atoms with Crippen LogP contribution in [0.25, 0.3) is 43.8 Å². The van der Waals surface area contributed by atoms with Crippen LogP contribution in [0.2, 0.25) is 52.4 Å². The Morgan fingerprint density at radius 1 is 0.653 bits per heavy atom. The molecule has 2 radical (unpaired) electrons. The topological polar surface area (TPSA) is 0 Å². The summed E-state index contributed by atoms with van der Waals surface area (Å²) in [7, 11) is 8.52. The molecule has 0 aliphatic heterocycles. The molecular formula is C43H54Cl2Si3Zr. The van der Waals surface area contributed by atoms with Crippen LogP contribution in [0.3, 0.4) is 0 Å². The zero-order valence-electron chi connectivity index (χ0n) is 31.4. The molecule has 0 saturated heterocycles. The van der Waals surface area contributed by atoms with Crippen LogP contribution in [0.5, 0.6) is 0 Å². The third-order valence-corrected chi connectivity index (χ3v) is 13.1. The fourth-order valence-corrected chi connectivity index (χ4v) is 8.30. The fourth-order valence-electron chi connectivity index (χ4n) is 5.97. The molecule has 0 aliphatic carbocycles. The van der Waals surface area contributed by atoms with E-state index in [2.05, 4.69) is 182 Å². The molecule has 0 aliphatic rings. The molecule has 0 amide bonds. The van der Waals surface area contributed by atoms with Gasteiger partial charge in [0.05, 0.1) is 16.1 Å². The Morgan fingerprint density at radius 3 is 1.43 bits per heavy atom. The summed E-state index contributed by atoms with van der Waals surface area (Å²) in [5, 5.41) is 8.51. The summed E-state index contributed by atoms with van der Waals surface area (Å²) in [5.41, 5.74) is 8.17. The molecule has 6 aromatic rings. The summed E-state index contributed by atoms with van der Waals surface area (Å²) in [5.74, 6) is 0.629. The molecule has 0 spiro atoms. The van der Waals surface area contributed by atoms with E-state index in [0.29, 0.717) is 5.92 Å². The molecule has 0 heterocycles. The average Bonchev–Trinajstić information content (AvgIpc) is 3.68. The molecule has 0 aromatic heterocycles. The summed E-state index contributed by atoms with van der Waals surface area (Å²) in [6.07, 6.45) is 1.19.